The minimum atomic E-state index is -0.189. The Morgan fingerprint density at radius 3 is 2.79 bits per heavy atom. The highest BCUT2D eigenvalue weighted by atomic mass is 35.5. The fraction of sp³-hybridized carbons (Fsp3) is 0.150. The van der Waals surface area contributed by atoms with Crippen LogP contribution in [0, 0.1) is 0 Å². The second-order valence-corrected chi connectivity index (χ2v) is 8.05. The molecule has 0 aliphatic carbocycles. The van der Waals surface area contributed by atoms with Crippen LogP contribution < -0.4 is 4.90 Å². The molecule has 28 heavy (non-hydrogen) atoms. The van der Waals surface area contributed by atoms with E-state index >= 15 is 0 Å². The third-order valence-corrected chi connectivity index (χ3v) is 5.88. The summed E-state index contributed by atoms with van der Waals surface area (Å²) in [6.45, 7) is 1.26. The minimum Gasteiger partial charge on any atom is -0.337 e. The molecule has 1 amide bonds. The van der Waals surface area contributed by atoms with E-state index in [2.05, 4.69) is 9.97 Å². The van der Waals surface area contributed by atoms with Crippen LogP contribution in [-0.4, -0.2) is 27.0 Å². The molecule has 0 aliphatic heterocycles. The highest BCUT2D eigenvalue weighted by molar-refractivity contribution is 7.22. The minimum absolute atomic E-state index is 0.189. The van der Waals surface area contributed by atoms with Crippen LogP contribution in [0.4, 0.5) is 5.13 Å². The normalized spacial score (nSPS) is 11.1. The van der Waals surface area contributed by atoms with Crippen molar-refractivity contribution in [3.63, 3.8) is 0 Å². The molecule has 0 bridgehead atoms. The van der Waals surface area contributed by atoms with Crippen LogP contribution >= 0.6 is 34.5 Å². The zero-order valence-corrected chi connectivity index (χ0v) is 17.1. The van der Waals surface area contributed by atoms with Gasteiger partial charge in [0, 0.05) is 30.5 Å². The van der Waals surface area contributed by atoms with Crippen molar-refractivity contribution in [2.75, 3.05) is 11.4 Å². The van der Waals surface area contributed by atoms with Crippen molar-refractivity contribution in [2.24, 2.45) is 0 Å². The molecule has 2 heterocycles. The maximum atomic E-state index is 13.3. The lowest BCUT2D eigenvalue weighted by Crippen LogP contribution is -2.32. The molecule has 0 saturated carbocycles. The van der Waals surface area contributed by atoms with Crippen molar-refractivity contribution < 1.29 is 4.79 Å². The lowest BCUT2D eigenvalue weighted by molar-refractivity contribution is 0.0986. The molecule has 4 aromatic rings. The van der Waals surface area contributed by atoms with E-state index in [1.54, 1.807) is 35.6 Å². The van der Waals surface area contributed by atoms with Crippen LogP contribution in [0.1, 0.15) is 16.8 Å². The summed E-state index contributed by atoms with van der Waals surface area (Å²) in [5.74, 6) is -0.189. The summed E-state index contributed by atoms with van der Waals surface area (Å²) in [6, 6.07) is 12.8. The lowest BCUT2D eigenvalue weighted by Gasteiger charge is -2.20. The van der Waals surface area contributed by atoms with Crippen LogP contribution in [0.15, 0.2) is 61.2 Å². The van der Waals surface area contributed by atoms with Gasteiger partial charge in [0.05, 0.1) is 27.1 Å². The molecule has 0 N–H and O–H groups in total. The highest BCUT2D eigenvalue weighted by Gasteiger charge is 2.23. The Bertz CT molecular complexity index is 1080. The van der Waals surface area contributed by atoms with Gasteiger partial charge in [-0.1, -0.05) is 46.7 Å². The zero-order chi connectivity index (χ0) is 19.5. The number of thiazole rings is 1. The summed E-state index contributed by atoms with van der Waals surface area (Å²) >= 11 is 13.8. The molecule has 0 radical (unpaired) electrons. The molecule has 0 atom stereocenters. The quantitative estimate of drug-likeness (QED) is 0.403. The molecule has 4 rings (SSSR count). The van der Waals surface area contributed by atoms with Gasteiger partial charge >= 0.3 is 0 Å². The molecule has 0 aliphatic rings. The number of rotatable bonds is 6. The zero-order valence-electron chi connectivity index (χ0n) is 14.8. The van der Waals surface area contributed by atoms with Gasteiger partial charge in [0.1, 0.15) is 0 Å². The first-order valence-corrected chi connectivity index (χ1v) is 10.3. The maximum Gasteiger partial charge on any atom is 0.261 e. The van der Waals surface area contributed by atoms with Gasteiger partial charge in [0.2, 0.25) is 0 Å². The number of hydrogen-bond donors (Lipinski definition) is 0. The molecular weight excluding hydrogens is 415 g/mol. The third kappa shape index (κ3) is 4.04. The summed E-state index contributed by atoms with van der Waals surface area (Å²) in [7, 11) is 0. The third-order valence-electron chi connectivity index (χ3n) is 4.28. The van der Waals surface area contributed by atoms with Crippen molar-refractivity contribution in [3.8, 4) is 0 Å². The number of benzene rings is 2. The number of carbonyl (C=O) groups excluding carboxylic acids is 1. The number of fused-ring (bicyclic) bond motifs is 1. The van der Waals surface area contributed by atoms with Crippen molar-refractivity contribution in [1.29, 1.82) is 0 Å². The van der Waals surface area contributed by atoms with Gasteiger partial charge in [0.15, 0.2) is 5.13 Å². The van der Waals surface area contributed by atoms with Gasteiger partial charge in [-0.2, -0.15) is 0 Å². The summed E-state index contributed by atoms with van der Waals surface area (Å²) in [4.78, 5) is 23.7. The molecular formula is C20H16Cl2N4OS. The fourth-order valence-electron chi connectivity index (χ4n) is 2.90. The number of aryl methyl sites for hydroxylation is 1. The Balaban J connectivity index is 1.64. The molecule has 0 saturated heterocycles. The topological polar surface area (TPSA) is 51.0 Å². The lowest BCUT2D eigenvalue weighted by atomic mass is 10.2. The Kier molecular flexibility index (Phi) is 5.62. The smallest absolute Gasteiger partial charge is 0.261 e. The summed E-state index contributed by atoms with van der Waals surface area (Å²) < 4.78 is 3.02. The SMILES string of the molecule is O=C(c1ccc(Cl)cc1Cl)N(CCCn1ccnc1)c1nc2ccccc2s1. The van der Waals surface area contributed by atoms with Gasteiger partial charge in [-0.05, 0) is 36.8 Å². The molecule has 0 fully saturated rings. The first-order chi connectivity index (χ1) is 13.6. The fourth-order valence-corrected chi connectivity index (χ4v) is 4.38. The Morgan fingerprint density at radius 2 is 2.04 bits per heavy atom. The average Bonchev–Trinajstić information content (AvgIpc) is 3.34. The van der Waals surface area contributed by atoms with E-state index in [-0.39, 0.29) is 5.91 Å². The predicted molar refractivity (Wildman–Crippen MR) is 115 cm³/mol. The van der Waals surface area contributed by atoms with Crippen molar-refractivity contribution in [3.05, 3.63) is 76.8 Å². The van der Waals surface area contributed by atoms with Crippen LogP contribution in [0.5, 0.6) is 0 Å². The Labute approximate surface area is 176 Å². The first kappa shape index (κ1) is 18.9. The summed E-state index contributed by atoms with van der Waals surface area (Å²) in [5, 5.41) is 1.48. The second-order valence-electron chi connectivity index (χ2n) is 6.20. The number of carbonyl (C=O) groups is 1. The average molecular weight is 431 g/mol. The Morgan fingerprint density at radius 1 is 1.18 bits per heavy atom. The van der Waals surface area contributed by atoms with Crippen LogP contribution in [0.25, 0.3) is 10.2 Å². The highest BCUT2D eigenvalue weighted by Crippen LogP contribution is 2.31. The van der Waals surface area contributed by atoms with E-state index in [4.69, 9.17) is 23.2 Å². The Hall–Kier alpha value is -2.41. The molecule has 2 aromatic carbocycles. The number of amides is 1. The predicted octanol–water partition coefficient (Wildman–Crippen LogP) is 5.54. The van der Waals surface area contributed by atoms with Crippen molar-refractivity contribution >= 4 is 55.8 Å². The molecule has 0 spiro atoms. The number of nitrogens with zero attached hydrogens (tertiary/aromatic N) is 4. The molecule has 8 heteroatoms. The standard InChI is InChI=1S/C20H16Cl2N4OS/c21-14-6-7-15(16(22)12-14)19(27)26(10-3-9-25-11-8-23-13-25)20-24-17-4-1-2-5-18(17)28-20/h1-2,4-8,11-13H,3,9-10H2. The van der Waals surface area contributed by atoms with E-state index in [1.807, 2.05) is 35.0 Å². The number of hydrogen-bond acceptors (Lipinski definition) is 4. The maximum absolute atomic E-state index is 13.3. The van der Waals surface area contributed by atoms with Gasteiger partial charge in [-0.3, -0.25) is 9.69 Å². The van der Waals surface area contributed by atoms with Crippen molar-refractivity contribution in [1.82, 2.24) is 14.5 Å². The van der Waals surface area contributed by atoms with Gasteiger partial charge in [0.25, 0.3) is 5.91 Å². The van der Waals surface area contributed by atoms with E-state index in [9.17, 15) is 4.79 Å². The molecule has 2 aromatic heterocycles. The molecule has 5 nitrogen and oxygen atoms in total. The number of para-hydroxylation sites is 1. The van der Waals surface area contributed by atoms with E-state index < -0.39 is 0 Å². The number of aromatic nitrogens is 3. The van der Waals surface area contributed by atoms with Crippen molar-refractivity contribution in [2.45, 2.75) is 13.0 Å². The molecule has 0 unspecified atom stereocenters. The summed E-state index contributed by atoms with van der Waals surface area (Å²) in [5.41, 5.74) is 1.28. The summed E-state index contributed by atoms with van der Waals surface area (Å²) in [6.07, 6.45) is 6.16. The number of imidazole rings is 1. The van der Waals surface area contributed by atoms with Gasteiger partial charge in [-0.25, -0.2) is 9.97 Å². The van der Waals surface area contributed by atoms with Gasteiger partial charge in [-0.15, -0.1) is 0 Å². The second kappa shape index (κ2) is 8.31. The first-order valence-electron chi connectivity index (χ1n) is 8.70. The number of anilines is 1. The monoisotopic (exact) mass is 430 g/mol. The van der Waals surface area contributed by atoms with E-state index in [0.29, 0.717) is 27.3 Å². The number of halogens is 2. The van der Waals surface area contributed by atoms with Crippen LogP contribution in [0.2, 0.25) is 10.0 Å². The molecule has 142 valence electrons. The van der Waals surface area contributed by atoms with Crippen LogP contribution in [0.3, 0.4) is 0 Å². The largest absolute Gasteiger partial charge is 0.337 e. The van der Waals surface area contributed by atoms with E-state index in [1.165, 1.54) is 11.3 Å². The van der Waals surface area contributed by atoms with Gasteiger partial charge < -0.3 is 4.57 Å². The van der Waals surface area contributed by atoms with E-state index in [0.717, 1.165) is 23.2 Å². The van der Waals surface area contributed by atoms with Crippen LogP contribution in [-0.2, 0) is 6.54 Å².